The van der Waals surface area contributed by atoms with E-state index in [1.54, 1.807) is 18.2 Å². The predicted molar refractivity (Wildman–Crippen MR) is 102 cm³/mol. The van der Waals surface area contributed by atoms with Crippen molar-refractivity contribution < 1.29 is 9.53 Å². The number of esters is 1. The molecule has 134 valence electrons. The molecular formula is C20H25ClN2O2. The molecule has 1 heterocycles. The average Bonchev–Trinajstić information content (AvgIpc) is 2.54. The number of nitrogens with one attached hydrogen (secondary N) is 1. The van der Waals surface area contributed by atoms with Gasteiger partial charge in [0.05, 0.1) is 16.8 Å². The van der Waals surface area contributed by atoms with Gasteiger partial charge in [0.1, 0.15) is 0 Å². The van der Waals surface area contributed by atoms with E-state index in [1.165, 1.54) is 25.2 Å². The van der Waals surface area contributed by atoms with E-state index >= 15 is 0 Å². The number of rotatable bonds is 7. The Morgan fingerprint density at radius 2 is 1.88 bits per heavy atom. The van der Waals surface area contributed by atoms with Crippen LogP contribution in [0, 0.1) is 5.41 Å². The molecule has 0 unspecified atom stereocenters. The Bertz CT molecular complexity index is 694. The first-order valence-electron chi connectivity index (χ1n) is 8.50. The Hall–Kier alpha value is -2.07. The van der Waals surface area contributed by atoms with Gasteiger partial charge in [0, 0.05) is 24.5 Å². The quantitative estimate of drug-likeness (QED) is 0.517. The lowest BCUT2D eigenvalue weighted by atomic mass is 9.90. The third-order valence-corrected chi connectivity index (χ3v) is 3.90. The highest BCUT2D eigenvalue weighted by Crippen LogP contribution is 2.21. The molecule has 0 amide bonds. The van der Waals surface area contributed by atoms with Gasteiger partial charge < -0.3 is 10.1 Å². The fourth-order valence-electron chi connectivity index (χ4n) is 2.35. The van der Waals surface area contributed by atoms with E-state index in [0.29, 0.717) is 21.8 Å². The van der Waals surface area contributed by atoms with Crippen molar-refractivity contribution in [2.45, 2.75) is 40.0 Å². The molecule has 0 aliphatic heterocycles. The minimum atomic E-state index is -0.430. The number of hydrogen-bond donors (Lipinski definition) is 1. The molecule has 0 atom stereocenters. The van der Waals surface area contributed by atoms with Gasteiger partial charge in [0.25, 0.3) is 0 Å². The van der Waals surface area contributed by atoms with Crippen LogP contribution in [0.1, 0.15) is 50.4 Å². The number of pyridine rings is 1. The van der Waals surface area contributed by atoms with Gasteiger partial charge in [-0.3, -0.25) is 4.98 Å². The molecule has 1 N–H and O–H groups in total. The van der Waals surface area contributed by atoms with E-state index in [9.17, 15) is 4.79 Å². The summed E-state index contributed by atoms with van der Waals surface area (Å²) in [5.74, 6) is -0.0978. The minimum Gasteiger partial charge on any atom is -0.421 e. The van der Waals surface area contributed by atoms with Gasteiger partial charge in [-0.2, -0.15) is 0 Å². The van der Waals surface area contributed by atoms with E-state index in [1.807, 2.05) is 12.1 Å². The van der Waals surface area contributed by atoms with Crippen molar-refractivity contribution in [1.82, 2.24) is 4.98 Å². The summed E-state index contributed by atoms with van der Waals surface area (Å²) in [7, 11) is 0. The maximum atomic E-state index is 12.1. The molecule has 0 aliphatic carbocycles. The molecule has 2 aromatic rings. The number of benzene rings is 1. The Morgan fingerprint density at radius 3 is 2.52 bits per heavy atom. The lowest BCUT2D eigenvalue weighted by molar-refractivity contribution is 0.0734. The zero-order chi connectivity index (χ0) is 18.3. The van der Waals surface area contributed by atoms with Crippen molar-refractivity contribution in [3.63, 3.8) is 0 Å². The first-order chi connectivity index (χ1) is 11.8. The summed E-state index contributed by atoms with van der Waals surface area (Å²) < 4.78 is 5.26. The zero-order valence-electron chi connectivity index (χ0n) is 15.0. The maximum Gasteiger partial charge on any atom is 0.343 e. The van der Waals surface area contributed by atoms with Gasteiger partial charge in [-0.15, -0.1) is 0 Å². The number of hydrogen-bond acceptors (Lipinski definition) is 4. The Labute approximate surface area is 154 Å². The third kappa shape index (κ3) is 7.14. The molecule has 0 radical (unpaired) electrons. The summed E-state index contributed by atoms with van der Waals surface area (Å²) in [5.41, 5.74) is 1.87. The summed E-state index contributed by atoms with van der Waals surface area (Å²) in [5, 5.41) is 3.80. The molecule has 4 nitrogen and oxygen atoms in total. The van der Waals surface area contributed by atoms with E-state index in [2.05, 4.69) is 31.1 Å². The minimum absolute atomic E-state index is 0.332. The Kier molecular flexibility index (Phi) is 6.82. The highest BCUT2D eigenvalue weighted by Gasteiger charge is 2.10. The Morgan fingerprint density at radius 1 is 1.16 bits per heavy atom. The molecule has 0 fully saturated rings. The Balaban J connectivity index is 1.80. The molecule has 25 heavy (non-hydrogen) atoms. The maximum absolute atomic E-state index is 12.1. The summed E-state index contributed by atoms with van der Waals surface area (Å²) in [6.45, 7) is 7.71. The zero-order valence-corrected chi connectivity index (χ0v) is 15.8. The smallest absolute Gasteiger partial charge is 0.343 e. The molecule has 5 heteroatoms. The topological polar surface area (TPSA) is 51.2 Å². The van der Waals surface area contributed by atoms with Crippen LogP contribution in [0.4, 0.5) is 5.69 Å². The van der Waals surface area contributed by atoms with Gasteiger partial charge in [-0.05, 0) is 42.5 Å². The van der Waals surface area contributed by atoms with Crippen molar-refractivity contribution in [1.29, 1.82) is 0 Å². The molecule has 1 aromatic carbocycles. The summed E-state index contributed by atoms with van der Waals surface area (Å²) in [6.07, 6.45) is 6.49. The summed E-state index contributed by atoms with van der Waals surface area (Å²) in [4.78, 5) is 16.0. The first-order valence-corrected chi connectivity index (χ1v) is 8.88. The predicted octanol–water partition coefficient (Wildman–Crippen LogP) is 5.58. The van der Waals surface area contributed by atoms with Crippen LogP contribution in [0.25, 0.3) is 0 Å². The normalized spacial score (nSPS) is 11.2. The molecular weight excluding hydrogens is 336 g/mol. The van der Waals surface area contributed by atoms with Crippen molar-refractivity contribution in [3.05, 3.63) is 53.3 Å². The van der Waals surface area contributed by atoms with E-state index < -0.39 is 5.97 Å². The van der Waals surface area contributed by atoms with E-state index in [0.717, 1.165) is 18.7 Å². The van der Waals surface area contributed by atoms with Crippen LogP contribution >= 0.6 is 11.6 Å². The van der Waals surface area contributed by atoms with Gasteiger partial charge in [-0.1, -0.05) is 38.8 Å². The van der Waals surface area contributed by atoms with Gasteiger partial charge in [-0.25, -0.2) is 4.79 Å². The summed E-state index contributed by atoms with van der Waals surface area (Å²) >= 11 is 5.83. The number of ether oxygens (including phenoxy) is 1. The van der Waals surface area contributed by atoms with Crippen LogP contribution < -0.4 is 10.1 Å². The third-order valence-electron chi connectivity index (χ3n) is 3.69. The average molecular weight is 361 g/mol. The van der Waals surface area contributed by atoms with Crippen LogP contribution in [0.5, 0.6) is 5.75 Å². The summed E-state index contributed by atoms with van der Waals surface area (Å²) in [6, 6.07) is 8.82. The molecule has 2 rings (SSSR count). The highest BCUT2D eigenvalue weighted by atomic mass is 35.5. The van der Waals surface area contributed by atoms with Gasteiger partial charge in [0.15, 0.2) is 5.75 Å². The number of unbranched alkanes of at least 4 members (excludes halogenated alkanes) is 1. The fraction of sp³-hybridized carbons (Fsp3) is 0.400. The number of halogens is 1. The second-order valence-electron chi connectivity index (χ2n) is 7.25. The van der Waals surface area contributed by atoms with Gasteiger partial charge >= 0.3 is 5.97 Å². The number of carbonyl (C=O) groups excluding carboxylic acids is 1. The SMILES string of the molecule is CC(C)(C)CCCCNc1ccc(C(=O)Oc2cncc(Cl)c2)cc1. The van der Waals surface area contributed by atoms with Crippen LogP contribution in [-0.4, -0.2) is 17.5 Å². The number of anilines is 1. The van der Waals surface area contributed by atoms with Crippen LogP contribution in [0.2, 0.25) is 5.02 Å². The fourth-order valence-corrected chi connectivity index (χ4v) is 2.52. The molecule has 0 spiro atoms. The second-order valence-corrected chi connectivity index (χ2v) is 7.69. The van der Waals surface area contributed by atoms with Crippen molar-refractivity contribution in [2.75, 3.05) is 11.9 Å². The number of carbonyl (C=O) groups is 1. The molecule has 0 bridgehead atoms. The molecule has 0 saturated heterocycles. The first kappa shape index (κ1) is 19.3. The van der Waals surface area contributed by atoms with Crippen molar-refractivity contribution >= 4 is 23.3 Å². The van der Waals surface area contributed by atoms with E-state index in [-0.39, 0.29) is 0 Å². The number of nitrogens with zero attached hydrogens (tertiary/aromatic N) is 1. The van der Waals surface area contributed by atoms with Crippen molar-refractivity contribution in [2.24, 2.45) is 5.41 Å². The van der Waals surface area contributed by atoms with Crippen LogP contribution in [0.3, 0.4) is 0 Å². The van der Waals surface area contributed by atoms with Gasteiger partial charge in [0.2, 0.25) is 0 Å². The largest absolute Gasteiger partial charge is 0.421 e. The second kappa shape index (κ2) is 8.86. The molecule has 0 saturated carbocycles. The lowest BCUT2D eigenvalue weighted by Gasteiger charge is -2.17. The molecule has 1 aromatic heterocycles. The van der Waals surface area contributed by atoms with Crippen LogP contribution in [0.15, 0.2) is 42.7 Å². The standard InChI is InChI=1S/C20H25ClN2O2/c1-20(2,3)10-4-5-11-23-17-8-6-15(7-9-17)19(24)25-18-12-16(21)13-22-14-18/h6-9,12-14,23H,4-5,10-11H2,1-3H3. The highest BCUT2D eigenvalue weighted by molar-refractivity contribution is 6.30. The molecule has 0 aliphatic rings. The monoisotopic (exact) mass is 360 g/mol. The lowest BCUT2D eigenvalue weighted by Crippen LogP contribution is -2.09. The number of aromatic nitrogens is 1. The van der Waals surface area contributed by atoms with E-state index in [4.69, 9.17) is 16.3 Å². The van der Waals surface area contributed by atoms with Crippen LogP contribution in [-0.2, 0) is 0 Å². The van der Waals surface area contributed by atoms with Crippen molar-refractivity contribution in [3.8, 4) is 5.75 Å².